The lowest BCUT2D eigenvalue weighted by molar-refractivity contribution is 0.102. The van der Waals surface area contributed by atoms with Gasteiger partial charge in [-0.25, -0.2) is 15.0 Å². The van der Waals surface area contributed by atoms with Gasteiger partial charge in [-0.15, -0.1) is 0 Å². The van der Waals surface area contributed by atoms with Crippen molar-refractivity contribution in [3.63, 3.8) is 0 Å². The number of hydrogen-bond acceptors (Lipinski definition) is 5. The van der Waals surface area contributed by atoms with Gasteiger partial charge >= 0.3 is 0 Å². The Balaban J connectivity index is 1.84. The molecule has 0 aliphatic carbocycles. The molecule has 0 fully saturated rings. The van der Waals surface area contributed by atoms with E-state index in [-0.39, 0.29) is 5.91 Å². The Bertz CT molecular complexity index is 966. The summed E-state index contributed by atoms with van der Waals surface area (Å²) in [7, 11) is 1.50. The van der Waals surface area contributed by atoms with Crippen molar-refractivity contribution in [3.05, 3.63) is 58.4 Å². The van der Waals surface area contributed by atoms with Gasteiger partial charge in [0.25, 0.3) is 5.91 Å². The molecule has 1 aromatic carbocycles. The standard InChI is InChI=1S/C18H18ClN5O2/c1-10-11(2)24(12(3)22-10)18-20-8-14(9-21-18)23-17(25)15-7-13(19)5-6-16(15)26-4/h5-9H,1-4H3,(H,23,25). The zero-order valence-corrected chi connectivity index (χ0v) is 15.6. The average molecular weight is 372 g/mol. The summed E-state index contributed by atoms with van der Waals surface area (Å²) in [6.45, 7) is 5.79. The molecule has 1 N–H and O–H groups in total. The van der Waals surface area contributed by atoms with Gasteiger partial charge in [0.2, 0.25) is 5.95 Å². The normalized spacial score (nSPS) is 10.7. The maximum absolute atomic E-state index is 12.5. The molecule has 3 aromatic rings. The molecule has 26 heavy (non-hydrogen) atoms. The first-order valence-electron chi connectivity index (χ1n) is 7.90. The van der Waals surface area contributed by atoms with Gasteiger partial charge in [0.05, 0.1) is 36.4 Å². The molecule has 134 valence electrons. The van der Waals surface area contributed by atoms with Crippen LogP contribution >= 0.6 is 11.6 Å². The number of aryl methyl sites for hydroxylation is 2. The molecule has 7 nitrogen and oxygen atoms in total. The highest BCUT2D eigenvalue weighted by molar-refractivity contribution is 6.31. The number of carbonyl (C=O) groups is 1. The zero-order chi connectivity index (χ0) is 18.8. The second kappa shape index (κ2) is 7.13. The number of ether oxygens (including phenoxy) is 1. The Morgan fingerprint density at radius 3 is 2.46 bits per heavy atom. The highest BCUT2D eigenvalue weighted by Gasteiger charge is 2.15. The van der Waals surface area contributed by atoms with Gasteiger partial charge in [-0.05, 0) is 39.0 Å². The zero-order valence-electron chi connectivity index (χ0n) is 14.9. The first kappa shape index (κ1) is 17.9. The summed E-state index contributed by atoms with van der Waals surface area (Å²) >= 11 is 5.97. The smallest absolute Gasteiger partial charge is 0.259 e. The van der Waals surface area contributed by atoms with Crippen molar-refractivity contribution in [2.75, 3.05) is 12.4 Å². The van der Waals surface area contributed by atoms with Gasteiger partial charge in [0.1, 0.15) is 11.6 Å². The molecule has 0 spiro atoms. The predicted octanol–water partition coefficient (Wildman–Crippen LogP) is 3.50. The van der Waals surface area contributed by atoms with Crippen molar-refractivity contribution < 1.29 is 9.53 Å². The number of methoxy groups -OCH3 is 1. The van der Waals surface area contributed by atoms with E-state index < -0.39 is 0 Å². The lowest BCUT2D eigenvalue weighted by Crippen LogP contribution is -2.14. The minimum atomic E-state index is -0.355. The third kappa shape index (κ3) is 3.39. The number of halogens is 1. The van der Waals surface area contributed by atoms with E-state index in [1.54, 1.807) is 30.6 Å². The fourth-order valence-corrected chi connectivity index (χ4v) is 2.80. The van der Waals surface area contributed by atoms with Crippen LogP contribution in [0.25, 0.3) is 5.95 Å². The van der Waals surface area contributed by atoms with E-state index >= 15 is 0 Å². The van der Waals surface area contributed by atoms with Gasteiger partial charge in [0, 0.05) is 10.7 Å². The summed E-state index contributed by atoms with van der Waals surface area (Å²) < 4.78 is 7.07. The van der Waals surface area contributed by atoms with E-state index in [9.17, 15) is 4.79 Å². The number of rotatable bonds is 4. The van der Waals surface area contributed by atoms with Crippen LogP contribution in [-0.4, -0.2) is 32.5 Å². The van der Waals surface area contributed by atoms with Crippen molar-refractivity contribution in [2.24, 2.45) is 0 Å². The molecule has 0 aliphatic rings. The van der Waals surface area contributed by atoms with Crippen LogP contribution in [0, 0.1) is 20.8 Å². The largest absolute Gasteiger partial charge is 0.496 e. The summed E-state index contributed by atoms with van der Waals surface area (Å²) in [5, 5.41) is 3.19. The third-order valence-electron chi connectivity index (χ3n) is 4.01. The number of carbonyl (C=O) groups excluding carboxylic acids is 1. The first-order valence-corrected chi connectivity index (χ1v) is 8.28. The van der Waals surface area contributed by atoms with E-state index in [2.05, 4.69) is 20.3 Å². The summed E-state index contributed by atoms with van der Waals surface area (Å²) in [6.07, 6.45) is 3.09. The minimum absolute atomic E-state index is 0.334. The van der Waals surface area contributed by atoms with E-state index in [0.717, 1.165) is 17.2 Å². The van der Waals surface area contributed by atoms with Crippen LogP contribution in [0.5, 0.6) is 5.75 Å². The van der Waals surface area contributed by atoms with Crippen molar-refractivity contribution in [3.8, 4) is 11.7 Å². The van der Waals surface area contributed by atoms with Gasteiger partial charge < -0.3 is 10.1 Å². The van der Waals surface area contributed by atoms with Crippen molar-refractivity contribution in [2.45, 2.75) is 20.8 Å². The molecular formula is C18H18ClN5O2. The number of anilines is 1. The van der Waals surface area contributed by atoms with Gasteiger partial charge in [-0.1, -0.05) is 11.6 Å². The summed E-state index contributed by atoms with van der Waals surface area (Å²) in [4.78, 5) is 25.6. The molecule has 0 atom stereocenters. The molecule has 0 saturated carbocycles. The Morgan fingerprint density at radius 2 is 1.88 bits per heavy atom. The fraction of sp³-hybridized carbons (Fsp3) is 0.222. The quantitative estimate of drug-likeness (QED) is 0.759. The molecule has 0 unspecified atom stereocenters. The van der Waals surface area contributed by atoms with Gasteiger partial charge in [0.15, 0.2) is 0 Å². The second-order valence-electron chi connectivity index (χ2n) is 5.74. The Hall–Kier alpha value is -2.93. The molecule has 3 rings (SSSR count). The molecule has 2 heterocycles. The van der Waals surface area contributed by atoms with E-state index in [0.29, 0.717) is 28.0 Å². The van der Waals surface area contributed by atoms with Crippen LogP contribution in [0.4, 0.5) is 5.69 Å². The maximum Gasteiger partial charge on any atom is 0.259 e. The van der Waals surface area contributed by atoms with Crippen molar-refractivity contribution >= 4 is 23.2 Å². The van der Waals surface area contributed by atoms with Crippen LogP contribution in [0.3, 0.4) is 0 Å². The number of nitrogens with one attached hydrogen (secondary N) is 1. The Labute approximate surface area is 156 Å². The van der Waals surface area contributed by atoms with Gasteiger partial charge in [-0.2, -0.15) is 0 Å². The molecule has 2 aromatic heterocycles. The number of imidazole rings is 1. The van der Waals surface area contributed by atoms with Crippen LogP contribution in [0.15, 0.2) is 30.6 Å². The topological polar surface area (TPSA) is 81.9 Å². The minimum Gasteiger partial charge on any atom is -0.496 e. The van der Waals surface area contributed by atoms with Crippen molar-refractivity contribution in [1.82, 2.24) is 19.5 Å². The first-order chi connectivity index (χ1) is 12.4. The number of hydrogen-bond donors (Lipinski definition) is 1. The van der Waals surface area contributed by atoms with E-state index in [1.165, 1.54) is 7.11 Å². The molecule has 1 amide bonds. The molecule has 0 radical (unpaired) electrons. The molecular weight excluding hydrogens is 354 g/mol. The second-order valence-corrected chi connectivity index (χ2v) is 6.17. The lowest BCUT2D eigenvalue weighted by atomic mass is 10.2. The third-order valence-corrected chi connectivity index (χ3v) is 4.25. The maximum atomic E-state index is 12.5. The number of nitrogens with zero attached hydrogens (tertiary/aromatic N) is 4. The van der Waals surface area contributed by atoms with Crippen LogP contribution < -0.4 is 10.1 Å². The Kier molecular flexibility index (Phi) is 4.90. The van der Waals surface area contributed by atoms with Crippen LogP contribution in [0.1, 0.15) is 27.6 Å². The van der Waals surface area contributed by atoms with Gasteiger partial charge in [-0.3, -0.25) is 9.36 Å². The predicted molar refractivity (Wildman–Crippen MR) is 99.3 cm³/mol. The van der Waals surface area contributed by atoms with Crippen molar-refractivity contribution in [1.29, 1.82) is 0 Å². The van der Waals surface area contributed by atoms with E-state index in [4.69, 9.17) is 16.3 Å². The average Bonchev–Trinajstić information content (AvgIpc) is 2.88. The number of amides is 1. The molecule has 0 aliphatic heterocycles. The Morgan fingerprint density at radius 1 is 1.19 bits per heavy atom. The summed E-state index contributed by atoms with van der Waals surface area (Å²) in [5.74, 6) is 1.38. The lowest BCUT2D eigenvalue weighted by Gasteiger charge is -2.10. The monoisotopic (exact) mass is 371 g/mol. The van der Waals surface area contributed by atoms with Crippen LogP contribution in [0.2, 0.25) is 5.02 Å². The SMILES string of the molecule is COc1ccc(Cl)cc1C(=O)Nc1cnc(-n2c(C)nc(C)c2C)nc1. The molecule has 0 bridgehead atoms. The highest BCUT2D eigenvalue weighted by Crippen LogP contribution is 2.23. The fourth-order valence-electron chi connectivity index (χ4n) is 2.63. The van der Waals surface area contributed by atoms with E-state index in [1.807, 2.05) is 25.3 Å². The summed E-state index contributed by atoms with van der Waals surface area (Å²) in [6, 6.07) is 4.85. The molecule has 0 saturated heterocycles. The van der Waals surface area contributed by atoms with Crippen LogP contribution in [-0.2, 0) is 0 Å². The molecule has 8 heteroatoms. The summed E-state index contributed by atoms with van der Waals surface area (Å²) in [5.41, 5.74) is 2.70. The number of benzene rings is 1. The number of aromatic nitrogens is 4. The highest BCUT2D eigenvalue weighted by atomic mass is 35.5.